The molecule has 1 saturated heterocycles. The summed E-state index contributed by atoms with van der Waals surface area (Å²) < 4.78 is 0. The summed E-state index contributed by atoms with van der Waals surface area (Å²) in [6.45, 7) is 7.79. The molecule has 1 aliphatic heterocycles. The number of phenols is 3. The van der Waals surface area contributed by atoms with E-state index in [4.69, 9.17) is 0 Å². The summed E-state index contributed by atoms with van der Waals surface area (Å²) in [5.74, 6) is -0.983. The van der Waals surface area contributed by atoms with Gasteiger partial charge >= 0.3 is 0 Å². The van der Waals surface area contributed by atoms with E-state index in [0.717, 1.165) is 26.2 Å². The van der Waals surface area contributed by atoms with Crippen LogP contribution in [0.25, 0.3) is 0 Å². The summed E-state index contributed by atoms with van der Waals surface area (Å²) in [4.78, 5) is 4.39. The molecule has 3 N–H and O–H groups in total. The minimum atomic E-state index is -0.446. The van der Waals surface area contributed by atoms with Crippen molar-refractivity contribution in [1.29, 1.82) is 0 Å². The molecule has 0 radical (unpaired) electrons. The van der Waals surface area contributed by atoms with Crippen LogP contribution >= 0.6 is 0 Å². The van der Waals surface area contributed by atoms with Crippen LogP contribution < -0.4 is 4.90 Å². The van der Waals surface area contributed by atoms with Crippen LogP contribution in [0.4, 0.5) is 5.69 Å². The van der Waals surface area contributed by atoms with Crippen LogP contribution in [-0.2, 0) is 0 Å². The molecule has 0 saturated carbocycles. The van der Waals surface area contributed by atoms with Crippen molar-refractivity contribution in [3.8, 4) is 17.2 Å². The van der Waals surface area contributed by atoms with Crippen LogP contribution in [-0.4, -0.2) is 52.4 Å². The summed E-state index contributed by atoms with van der Waals surface area (Å²) in [6.07, 6.45) is 0. The van der Waals surface area contributed by atoms with Gasteiger partial charge in [0.25, 0.3) is 0 Å². The number of rotatable bonds is 2. The molecule has 0 atom stereocenters. The predicted molar refractivity (Wildman–Crippen MR) is 70.4 cm³/mol. The maximum Gasteiger partial charge on any atom is 0.202 e. The lowest BCUT2D eigenvalue weighted by Crippen LogP contribution is -2.48. The van der Waals surface area contributed by atoms with E-state index in [9.17, 15) is 15.3 Å². The molecular formula is C13H20N2O3. The lowest BCUT2D eigenvalue weighted by molar-refractivity contribution is 0.209. The molecular weight excluding hydrogens is 232 g/mol. The van der Waals surface area contributed by atoms with E-state index in [-0.39, 0.29) is 11.5 Å². The van der Waals surface area contributed by atoms with E-state index in [1.807, 2.05) is 4.90 Å². The maximum atomic E-state index is 9.84. The summed E-state index contributed by atoms with van der Waals surface area (Å²) in [5.41, 5.74) is 0.578. The highest BCUT2D eigenvalue weighted by atomic mass is 16.3. The van der Waals surface area contributed by atoms with Crippen LogP contribution in [0.2, 0.25) is 0 Å². The monoisotopic (exact) mass is 252 g/mol. The summed E-state index contributed by atoms with van der Waals surface area (Å²) >= 11 is 0. The van der Waals surface area contributed by atoms with Gasteiger partial charge < -0.3 is 20.2 Å². The van der Waals surface area contributed by atoms with Crippen LogP contribution in [0, 0.1) is 0 Å². The van der Waals surface area contributed by atoms with Gasteiger partial charge in [0.15, 0.2) is 11.5 Å². The number of phenolic OH excluding ortho intramolecular Hbond substituents is 3. The highest BCUT2D eigenvalue weighted by molar-refractivity contribution is 5.67. The van der Waals surface area contributed by atoms with E-state index in [1.54, 1.807) is 6.07 Å². The van der Waals surface area contributed by atoms with Crippen LogP contribution in [0.1, 0.15) is 13.8 Å². The molecule has 0 unspecified atom stereocenters. The van der Waals surface area contributed by atoms with Crippen molar-refractivity contribution in [3.63, 3.8) is 0 Å². The van der Waals surface area contributed by atoms with Crippen molar-refractivity contribution in [2.75, 3.05) is 31.1 Å². The zero-order valence-corrected chi connectivity index (χ0v) is 10.8. The third-order valence-corrected chi connectivity index (χ3v) is 3.49. The lowest BCUT2D eigenvalue weighted by atomic mass is 10.2. The molecule has 0 bridgehead atoms. The Balaban J connectivity index is 2.13. The molecule has 1 fully saturated rings. The molecule has 0 aromatic heterocycles. The van der Waals surface area contributed by atoms with Gasteiger partial charge in [0, 0.05) is 32.2 Å². The Morgan fingerprint density at radius 1 is 0.944 bits per heavy atom. The van der Waals surface area contributed by atoms with Gasteiger partial charge in [-0.15, -0.1) is 0 Å². The summed E-state index contributed by atoms with van der Waals surface area (Å²) in [6, 6.07) is 3.56. The normalized spacial score (nSPS) is 17.4. The molecule has 1 aliphatic rings. The molecule has 5 nitrogen and oxygen atoms in total. The molecule has 5 heteroatoms. The topological polar surface area (TPSA) is 67.2 Å². The molecule has 18 heavy (non-hydrogen) atoms. The van der Waals surface area contributed by atoms with Crippen molar-refractivity contribution in [2.45, 2.75) is 19.9 Å². The summed E-state index contributed by atoms with van der Waals surface area (Å²) in [7, 11) is 0. The minimum absolute atomic E-state index is 0.243. The van der Waals surface area contributed by atoms with Gasteiger partial charge in [-0.2, -0.15) is 0 Å². The number of hydrogen-bond acceptors (Lipinski definition) is 5. The van der Waals surface area contributed by atoms with E-state index in [1.165, 1.54) is 6.07 Å². The molecule has 1 aromatic rings. The van der Waals surface area contributed by atoms with Crippen molar-refractivity contribution in [1.82, 2.24) is 4.90 Å². The number of hydrogen-bond donors (Lipinski definition) is 3. The highest BCUT2D eigenvalue weighted by Gasteiger charge is 2.22. The first kappa shape index (κ1) is 12.8. The smallest absolute Gasteiger partial charge is 0.202 e. The average molecular weight is 252 g/mol. The van der Waals surface area contributed by atoms with Crippen molar-refractivity contribution < 1.29 is 15.3 Å². The Morgan fingerprint density at radius 2 is 1.56 bits per heavy atom. The molecule has 0 amide bonds. The fraction of sp³-hybridized carbons (Fsp3) is 0.538. The fourth-order valence-electron chi connectivity index (χ4n) is 2.29. The Bertz CT molecular complexity index is 426. The lowest BCUT2D eigenvalue weighted by Gasteiger charge is -2.38. The standard InChI is InChI=1S/C13H20N2O3/c1-9(2)14-5-7-15(8-6-14)10-3-4-11(16)13(18)12(10)17/h3-4,9,16-18H,5-8H2,1-2H3. The molecule has 0 aliphatic carbocycles. The first-order valence-corrected chi connectivity index (χ1v) is 6.23. The quantitative estimate of drug-likeness (QED) is 0.693. The highest BCUT2D eigenvalue weighted by Crippen LogP contribution is 2.42. The molecule has 1 heterocycles. The number of piperazine rings is 1. The van der Waals surface area contributed by atoms with Gasteiger partial charge in [0.2, 0.25) is 5.75 Å². The number of anilines is 1. The van der Waals surface area contributed by atoms with E-state index < -0.39 is 5.75 Å². The maximum absolute atomic E-state index is 9.84. The Kier molecular flexibility index (Phi) is 3.52. The molecule has 2 rings (SSSR count). The van der Waals surface area contributed by atoms with Gasteiger partial charge in [0.05, 0.1) is 5.69 Å². The summed E-state index contributed by atoms with van der Waals surface area (Å²) in [5, 5.41) is 28.7. The minimum Gasteiger partial charge on any atom is -0.504 e. The third kappa shape index (κ3) is 2.31. The second-order valence-corrected chi connectivity index (χ2v) is 4.92. The second kappa shape index (κ2) is 4.94. The van der Waals surface area contributed by atoms with Gasteiger partial charge in [0.1, 0.15) is 0 Å². The van der Waals surface area contributed by atoms with Crippen molar-refractivity contribution in [3.05, 3.63) is 12.1 Å². The third-order valence-electron chi connectivity index (χ3n) is 3.49. The Morgan fingerprint density at radius 3 is 2.11 bits per heavy atom. The van der Waals surface area contributed by atoms with E-state index in [0.29, 0.717) is 11.7 Å². The van der Waals surface area contributed by atoms with Crippen LogP contribution in [0.5, 0.6) is 17.2 Å². The van der Waals surface area contributed by atoms with Gasteiger partial charge in [-0.1, -0.05) is 0 Å². The molecule has 0 spiro atoms. The van der Waals surface area contributed by atoms with Gasteiger partial charge in [-0.05, 0) is 26.0 Å². The molecule has 100 valence electrons. The predicted octanol–water partition coefficient (Wildman–Crippen LogP) is 1.33. The van der Waals surface area contributed by atoms with Crippen molar-refractivity contribution in [2.24, 2.45) is 0 Å². The largest absolute Gasteiger partial charge is 0.504 e. The van der Waals surface area contributed by atoms with E-state index >= 15 is 0 Å². The zero-order chi connectivity index (χ0) is 13.3. The number of aromatic hydroxyl groups is 3. The Hall–Kier alpha value is -1.62. The zero-order valence-electron chi connectivity index (χ0n) is 10.8. The Labute approximate surface area is 107 Å². The first-order chi connectivity index (χ1) is 8.50. The second-order valence-electron chi connectivity index (χ2n) is 4.92. The molecule has 1 aromatic carbocycles. The van der Waals surface area contributed by atoms with Crippen LogP contribution in [0.15, 0.2) is 12.1 Å². The first-order valence-electron chi connectivity index (χ1n) is 6.23. The number of benzene rings is 1. The number of nitrogens with zero attached hydrogens (tertiary/aromatic N) is 2. The van der Waals surface area contributed by atoms with Gasteiger partial charge in [-0.3, -0.25) is 4.90 Å². The van der Waals surface area contributed by atoms with Crippen LogP contribution in [0.3, 0.4) is 0 Å². The van der Waals surface area contributed by atoms with Crippen molar-refractivity contribution >= 4 is 5.69 Å². The fourth-order valence-corrected chi connectivity index (χ4v) is 2.29. The SMILES string of the molecule is CC(C)N1CCN(c2ccc(O)c(O)c2O)CC1. The van der Waals surface area contributed by atoms with E-state index in [2.05, 4.69) is 18.7 Å². The average Bonchev–Trinajstić information content (AvgIpc) is 2.36. The van der Waals surface area contributed by atoms with Gasteiger partial charge in [-0.25, -0.2) is 0 Å².